The van der Waals surface area contributed by atoms with Crippen LogP contribution in [0.3, 0.4) is 0 Å². The summed E-state index contributed by atoms with van der Waals surface area (Å²) in [6, 6.07) is 13.7. The van der Waals surface area contributed by atoms with Crippen LogP contribution in [-0.2, 0) is 86.4 Å². The number of H-pyrrole nitrogens is 1. The molecule has 0 aliphatic carbocycles. The van der Waals surface area contributed by atoms with E-state index >= 15 is 14.4 Å². The maximum atomic E-state index is 15.3. The standard InChI is InChI=1S/C73H96N14O20/c1-4-5-18-58(70(104)79-55(38-62(92)93)69(103)78-54(66(74)100)36-47-14-10-13-46-12-6-7-15-50(46)47)82(3)72(106)57(37-48-39-75-52-17-9-8-16-51(48)52)81-71(105)59-19-11-26-87(59)73(107)56(35-45-20-22-49(88)23-21-45)80-67(101)44(2)76-68(102)53(24-25-61(90)91)77-60(89)40-83-27-29-84(41-63(94)95)31-33-86(43-65(98)99)34-32-85(30-28-83)42-64(96)97/h6-10,12-17,20-23,39,44,53-59,75,88H,4-5,11,18-19,24-38,40-43H2,1-3H3,(H2,74,100)(H,76,102)(H,77,89)(H,78,103)(H,79,104)(H,80,101)(H,81,105)(H,90,91)(H,92,93)(H,94,95)(H,96,97)(H,98,99)/t44-,53+,54-,55-,56-,57-,58-,59-/m0/s1. The van der Waals surface area contributed by atoms with Crippen molar-refractivity contribution in [1.29, 1.82) is 0 Å². The van der Waals surface area contributed by atoms with Crippen LogP contribution in [0.15, 0.2) is 97.2 Å². The monoisotopic (exact) mass is 1490 g/mol. The Bertz CT molecular complexity index is 3970. The first kappa shape index (κ1) is 83.2. The normalized spacial score (nSPS) is 16.9. The number of likely N-dealkylation sites (N-methyl/N-ethyl adjacent to an activating group) is 1. The zero-order chi connectivity index (χ0) is 78.0. The average Bonchev–Trinajstić information content (AvgIpc) is 1.72. The Hall–Kier alpha value is -11.1. The Labute approximate surface area is 616 Å². The van der Waals surface area contributed by atoms with Crippen molar-refractivity contribution >= 4 is 105 Å². The van der Waals surface area contributed by atoms with E-state index in [1.54, 1.807) is 68.3 Å². The highest BCUT2D eigenvalue weighted by Crippen LogP contribution is 2.25. The van der Waals surface area contributed by atoms with Crippen LogP contribution < -0.4 is 37.6 Å². The molecule has 34 nitrogen and oxygen atoms in total. The van der Waals surface area contributed by atoms with Crippen molar-refractivity contribution in [2.75, 3.05) is 92.1 Å². The number of benzene rings is 4. The fourth-order valence-electron chi connectivity index (χ4n) is 13.1. The number of carbonyl (C=O) groups excluding carboxylic acids is 9. The largest absolute Gasteiger partial charge is 0.508 e. The highest BCUT2D eigenvalue weighted by molar-refractivity contribution is 6.00. The van der Waals surface area contributed by atoms with Crippen molar-refractivity contribution in [3.05, 3.63) is 114 Å². The van der Waals surface area contributed by atoms with Crippen LogP contribution in [0.2, 0.25) is 0 Å². The minimum Gasteiger partial charge on any atom is -0.508 e. The number of aromatic nitrogens is 1. The van der Waals surface area contributed by atoms with Gasteiger partial charge >= 0.3 is 29.8 Å². The molecular weight excluding hydrogens is 1390 g/mol. The molecule has 9 amide bonds. The molecule has 2 aliphatic rings. The van der Waals surface area contributed by atoms with Crippen LogP contribution in [-0.4, -0.2) is 288 Å². The second-order valence-electron chi connectivity index (χ2n) is 26.9. The molecule has 15 N–H and O–H groups in total. The van der Waals surface area contributed by atoms with Crippen LogP contribution in [0.25, 0.3) is 21.7 Å². The fourth-order valence-corrected chi connectivity index (χ4v) is 13.1. The van der Waals surface area contributed by atoms with Gasteiger partial charge in [-0.2, -0.15) is 0 Å². The van der Waals surface area contributed by atoms with Gasteiger partial charge in [0.25, 0.3) is 0 Å². The summed E-state index contributed by atoms with van der Waals surface area (Å²) in [7, 11) is 1.32. The number of aromatic hydroxyl groups is 1. The molecule has 0 radical (unpaired) electrons. The van der Waals surface area contributed by atoms with Gasteiger partial charge in [0.05, 0.1) is 32.6 Å². The maximum absolute atomic E-state index is 15.3. The number of likely N-dealkylation sites (tertiary alicyclic amines) is 1. The third-order valence-electron chi connectivity index (χ3n) is 18.9. The van der Waals surface area contributed by atoms with Gasteiger partial charge in [0.2, 0.25) is 53.2 Å². The van der Waals surface area contributed by atoms with Crippen molar-refractivity contribution in [1.82, 2.24) is 66.3 Å². The molecule has 0 unspecified atom stereocenters. The van der Waals surface area contributed by atoms with Gasteiger partial charge in [-0.05, 0) is 78.3 Å². The number of aliphatic carboxylic acids is 5. The van der Waals surface area contributed by atoms with Crippen LogP contribution in [0.4, 0.5) is 0 Å². The van der Waals surface area contributed by atoms with Gasteiger partial charge < -0.3 is 83.1 Å². The van der Waals surface area contributed by atoms with Crippen molar-refractivity contribution in [3.63, 3.8) is 0 Å². The van der Waals surface area contributed by atoms with E-state index < -0.39 is 170 Å². The summed E-state index contributed by atoms with van der Waals surface area (Å²) < 4.78 is 0. The summed E-state index contributed by atoms with van der Waals surface area (Å²) in [6.07, 6.45) is 0.273. The summed E-state index contributed by atoms with van der Waals surface area (Å²) in [5.74, 6) is -14.5. The van der Waals surface area contributed by atoms with E-state index in [1.807, 2.05) is 31.2 Å². The molecule has 0 saturated carbocycles. The summed E-state index contributed by atoms with van der Waals surface area (Å²) in [5, 5.41) is 76.8. The predicted octanol–water partition coefficient (Wildman–Crippen LogP) is -0.708. The number of hydrogen-bond acceptors (Lipinski definition) is 19. The maximum Gasteiger partial charge on any atom is 0.317 e. The van der Waals surface area contributed by atoms with Gasteiger partial charge in [-0.25, -0.2) is 0 Å². The second-order valence-corrected chi connectivity index (χ2v) is 26.9. The number of nitrogens with one attached hydrogen (secondary N) is 7. The Kier molecular flexibility index (Phi) is 31.4. The molecular formula is C73H96N14O20. The number of unbranched alkanes of at least 4 members (excludes halogenated alkanes) is 1. The van der Waals surface area contributed by atoms with Gasteiger partial charge in [-0.1, -0.05) is 92.6 Å². The third kappa shape index (κ3) is 25.6. The van der Waals surface area contributed by atoms with Crippen molar-refractivity contribution in [3.8, 4) is 5.75 Å². The first-order valence-electron chi connectivity index (χ1n) is 35.4. The Morgan fingerprint density at radius 3 is 1.65 bits per heavy atom. The molecule has 5 aromatic rings. The summed E-state index contributed by atoms with van der Waals surface area (Å²) >= 11 is 0. The number of phenols is 1. The van der Waals surface area contributed by atoms with Crippen molar-refractivity contribution in [2.45, 2.75) is 133 Å². The molecule has 107 heavy (non-hydrogen) atoms. The van der Waals surface area contributed by atoms with E-state index in [9.17, 15) is 83.4 Å². The highest BCUT2D eigenvalue weighted by Gasteiger charge is 2.42. The van der Waals surface area contributed by atoms with E-state index in [0.29, 0.717) is 40.4 Å². The molecule has 8 atom stereocenters. The average molecular weight is 1490 g/mol. The lowest BCUT2D eigenvalue weighted by atomic mass is 9.98. The number of para-hydroxylation sites is 1. The van der Waals surface area contributed by atoms with Gasteiger partial charge in [0.1, 0.15) is 54.1 Å². The fraction of sp³-hybridized carbons (Fsp3) is 0.479. The molecule has 2 fully saturated rings. The van der Waals surface area contributed by atoms with Crippen LogP contribution in [0, 0.1) is 0 Å². The molecule has 2 saturated heterocycles. The number of amides is 9. The lowest BCUT2D eigenvalue weighted by Gasteiger charge is -2.33. The number of phenolic OH excluding ortho intramolecular Hbond substituents is 1. The number of carboxylic acid groups (broad SMARTS) is 5. The minimum atomic E-state index is -1.78. The van der Waals surface area contributed by atoms with Crippen molar-refractivity contribution < 1.29 is 97.8 Å². The number of primary amides is 1. The van der Waals surface area contributed by atoms with Gasteiger partial charge in [-0.3, -0.25) is 86.7 Å². The Morgan fingerprint density at radius 2 is 1.07 bits per heavy atom. The van der Waals surface area contributed by atoms with Crippen LogP contribution in [0.1, 0.15) is 81.9 Å². The third-order valence-corrected chi connectivity index (χ3v) is 18.9. The molecule has 7 rings (SSSR count). The van der Waals surface area contributed by atoms with E-state index in [-0.39, 0.29) is 110 Å². The first-order chi connectivity index (χ1) is 51.0. The molecule has 4 aromatic carbocycles. The quantitative estimate of drug-likeness (QED) is 0.0234. The lowest BCUT2D eigenvalue weighted by Crippen LogP contribution is -2.60. The molecule has 34 heteroatoms. The zero-order valence-corrected chi connectivity index (χ0v) is 60.0. The number of rotatable bonds is 37. The topological polar surface area (TPSA) is 494 Å². The van der Waals surface area contributed by atoms with Crippen LogP contribution in [0.5, 0.6) is 5.75 Å². The number of aromatic amines is 1. The zero-order valence-electron chi connectivity index (χ0n) is 60.0. The minimum absolute atomic E-state index is 0.00714. The Morgan fingerprint density at radius 1 is 0.533 bits per heavy atom. The number of hydrogen-bond donors (Lipinski definition) is 14. The van der Waals surface area contributed by atoms with E-state index in [0.717, 1.165) is 15.7 Å². The van der Waals surface area contributed by atoms with Gasteiger partial charge in [-0.15, -0.1) is 0 Å². The first-order valence-corrected chi connectivity index (χ1v) is 35.4. The number of fused-ring (bicyclic) bond motifs is 2. The molecule has 578 valence electrons. The van der Waals surface area contributed by atoms with Crippen LogP contribution >= 0.6 is 0 Å². The molecule has 0 bridgehead atoms. The molecule has 2 aliphatic heterocycles. The van der Waals surface area contributed by atoms with Gasteiger partial charge in [0, 0.05) is 109 Å². The highest BCUT2D eigenvalue weighted by atomic mass is 16.4. The number of carboxylic acids is 5. The van der Waals surface area contributed by atoms with Crippen molar-refractivity contribution in [2.24, 2.45) is 5.73 Å². The Balaban J connectivity index is 1.08. The lowest BCUT2D eigenvalue weighted by molar-refractivity contribution is -0.145. The summed E-state index contributed by atoms with van der Waals surface area (Å²) in [6.45, 7) is 1.95. The molecule has 1 aromatic heterocycles. The predicted molar refractivity (Wildman–Crippen MR) is 387 cm³/mol. The van der Waals surface area contributed by atoms with E-state index in [4.69, 9.17) is 5.73 Å². The molecule has 0 spiro atoms. The van der Waals surface area contributed by atoms with E-state index in [2.05, 4.69) is 36.9 Å². The SMILES string of the molecule is CCCC[C@@H](C(=O)N[C@@H](CC(=O)O)C(=O)N[C@@H](Cc1cccc2ccccc12)C(N)=O)N(C)C(=O)[C@H](Cc1c[nH]c2ccccc12)NC(=O)[C@@H]1CCCN1C(=O)[C@H](Cc1ccc(O)cc1)NC(=O)[C@H](C)NC(=O)[C@@H](CCC(=O)O)NC(=O)CN1CCN(CC(=O)O)CCN(CC(=O)O)CCN(CC(=O)O)CC1. The van der Waals surface area contributed by atoms with E-state index in [1.165, 1.54) is 43.1 Å². The summed E-state index contributed by atoms with van der Waals surface area (Å²) in [5.41, 5.74) is 8.13. The van der Waals surface area contributed by atoms with Gasteiger partial charge in [0.15, 0.2) is 0 Å². The second kappa shape index (κ2) is 40.4. The number of nitrogens with two attached hydrogens (primary N) is 1. The smallest absolute Gasteiger partial charge is 0.317 e. The summed E-state index contributed by atoms with van der Waals surface area (Å²) in [4.78, 5) is 201. The number of nitrogens with zero attached hydrogens (tertiary/aromatic N) is 6. The molecule has 3 heterocycles. The number of carbonyl (C=O) groups is 14.